The van der Waals surface area contributed by atoms with Crippen molar-refractivity contribution in [2.45, 2.75) is 16.3 Å². The fourth-order valence-electron chi connectivity index (χ4n) is 3.51. The van der Waals surface area contributed by atoms with E-state index in [0.29, 0.717) is 11.4 Å². The number of hydrogen-bond donors (Lipinski definition) is 2. The molecule has 0 atom stereocenters. The molecule has 3 aromatic heterocycles. The molecule has 5 rings (SSSR count). The van der Waals surface area contributed by atoms with Crippen LogP contribution in [0.15, 0.2) is 101 Å². The maximum Gasteiger partial charge on any atom is 0.267 e. The first-order valence-corrected chi connectivity index (χ1v) is 11.6. The highest BCUT2D eigenvalue weighted by Crippen LogP contribution is 2.23. The van der Waals surface area contributed by atoms with E-state index in [0.717, 1.165) is 16.5 Å². The van der Waals surface area contributed by atoms with Crippen molar-refractivity contribution >= 4 is 26.6 Å². The van der Waals surface area contributed by atoms with Crippen LogP contribution in [0.2, 0.25) is 0 Å². The Labute approximate surface area is 189 Å². The maximum absolute atomic E-state index is 13.1. The molecule has 2 N–H and O–H groups in total. The second kappa shape index (κ2) is 8.36. The molecule has 8 nitrogen and oxygen atoms in total. The predicted molar refractivity (Wildman–Crippen MR) is 123 cm³/mol. The van der Waals surface area contributed by atoms with Gasteiger partial charge in [-0.1, -0.05) is 18.2 Å². The summed E-state index contributed by atoms with van der Waals surface area (Å²) in [5.74, 6) is -0.252. The van der Waals surface area contributed by atoms with Crippen molar-refractivity contribution < 1.29 is 13.2 Å². The fraction of sp³-hybridized carbons (Fsp3) is 0.0417. The number of aromatic nitrogens is 4. The van der Waals surface area contributed by atoms with E-state index in [1.807, 2.05) is 0 Å². The van der Waals surface area contributed by atoms with Crippen molar-refractivity contribution in [2.75, 3.05) is 0 Å². The molecule has 3 heterocycles. The van der Waals surface area contributed by atoms with Crippen molar-refractivity contribution in [1.29, 1.82) is 0 Å². The average Bonchev–Trinajstić information content (AvgIpc) is 3.53. The average molecular weight is 458 g/mol. The normalized spacial score (nSPS) is 11.5. The van der Waals surface area contributed by atoms with Gasteiger partial charge in [-0.2, -0.15) is 5.10 Å². The van der Waals surface area contributed by atoms with Gasteiger partial charge >= 0.3 is 0 Å². The van der Waals surface area contributed by atoms with E-state index in [1.165, 1.54) is 0 Å². The first-order chi connectivity index (χ1) is 16.0. The Bertz CT molecular complexity index is 1510. The zero-order valence-corrected chi connectivity index (χ0v) is 18.2. The topological polar surface area (TPSA) is 110 Å². The number of sulfone groups is 1. The lowest BCUT2D eigenvalue weighted by Gasteiger charge is -2.09. The Kier molecular flexibility index (Phi) is 5.23. The minimum atomic E-state index is -3.70. The molecule has 0 aliphatic heterocycles. The summed E-state index contributed by atoms with van der Waals surface area (Å²) in [5.41, 5.74) is 2.72. The fourth-order valence-corrected chi connectivity index (χ4v) is 4.81. The highest BCUT2D eigenvalue weighted by Gasteiger charge is 2.18. The number of benzene rings is 2. The Morgan fingerprint density at radius 1 is 0.970 bits per heavy atom. The monoisotopic (exact) mass is 457 g/mol. The number of carbonyl (C=O) groups is 1. The lowest BCUT2D eigenvalue weighted by molar-refractivity contribution is 0.0946. The van der Waals surface area contributed by atoms with Gasteiger partial charge in [0.15, 0.2) is 0 Å². The van der Waals surface area contributed by atoms with Crippen molar-refractivity contribution in [1.82, 2.24) is 25.1 Å². The van der Waals surface area contributed by atoms with Gasteiger partial charge in [0.1, 0.15) is 5.69 Å². The minimum absolute atomic E-state index is 0.179. The number of rotatable bonds is 6. The largest absolute Gasteiger partial charge is 0.350 e. The van der Waals surface area contributed by atoms with E-state index in [-0.39, 0.29) is 22.2 Å². The van der Waals surface area contributed by atoms with Gasteiger partial charge in [-0.15, -0.1) is 0 Å². The van der Waals surface area contributed by atoms with E-state index in [2.05, 4.69) is 20.4 Å². The molecule has 0 fully saturated rings. The van der Waals surface area contributed by atoms with Crippen molar-refractivity contribution in [3.8, 4) is 5.69 Å². The molecule has 1 amide bonds. The van der Waals surface area contributed by atoms with Gasteiger partial charge in [0.25, 0.3) is 5.91 Å². The smallest absolute Gasteiger partial charge is 0.267 e. The third-order valence-corrected chi connectivity index (χ3v) is 7.02. The van der Waals surface area contributed by atoms with E-state index in [4.69, 9.17) is 0 Å². The Morgan fingerprint density at radius 2 is 1.82 bits per heavy atom. The summed E-state index contributed by atoms with van der Waals surface area (Å²) >= 11 is 0. The molecule has 9 heteroatoms. The van der Waals surface area contributed by atoms with E-state index < -0.39 is 9.84 Å². The summed E-state index contributed by atoms with van der Waals surface area (Å²) in [6.07, 6.45) is 6.73. The van der Waals surface area contributed by atoms with Crippen LogP contribution >= 0.6 is 0 Å². The molecule has 0 aliphatic rings. The van der Waals surface area contributed by atoms with Gasteiger partial charge in [-0.3, -0.25) is 9.78 Å². The van der Waals surface area contributed by atoms with Crippen molar-refractivity contribution in [3.05, 3.63) is 103 Å². The Morgan fingerprint density at radius 3 is 2.58 bits per heavy atom. The first-order valence-electron chi connectivity index (χ1n) is 10.2. The highest BCUT2D eigenvalue weighted by atomic mass is 32.2. The minimum Gasteiger partial charge on any atom is -0.350 e. The van der Waals surface area contributed by atoms with Crippen LogP contribution in [0.25, 0.3) is 16.6 Å². The molecular formula is C24H19N5O3S. The molecule has 164 valence electrons. The number of pyridine rings is 1. The molecule has 0 unspecified atom stereocenters. The zero-order valence-electron chi connectivity index (χ0n) is 17.3. The van der Waals surface area contributed by atoms with Crippen LogP contribution in [-0.2, 0) is 16.4 Å². The van der Waals surface area contributed by atoms with Crippen LogP contribution in [0.1, 0.15) is 16.1 Å². The summed E-state index contributed by atoms with van der Waals surface area (Å²) < 4.78 is 27.8. The maximum atomic E-state index is 13.1. The van der Waals surface area contributed by atoms with Gasteiger partial charge in [0.05, 0.1) is 15.5 Å². The molecule has 0 saturated heterocycles. The van der Waals surface area contributed by atoms with Gasteiger partial charge in [-0.25, -0.2) is 13.1 Å². The number of nitrogens with one attached hydrogen (secondary N) is 2. The number of carbonyl (C=O) groups excluding carboxylic acids is 1. The highest BCUT2D eigenvalue weighted by molar-refractivity contribution is 7.91. The summed E-state index contributed by atoms with van der Waals surface area (Å²) in [5, 5.41) is 7.84. The lowest BCUT2D eigenvalue weighted by atomic mass is 10.2. The lowest BCUT2D eigenvalue weighted by Crippen LogP contribution is -2.23. The molecule has 33 heavy (non-hydrogen) atoms. The molecule has 2 aromatic carbocycles. The van der Waals surface area contributed by atoms with Crippen LogP contribution in [-0.4, -0.2) is 34.1 Å². The summed E-state index contributed by atoms with van der Waals surface area (Å²) in [7, 11) is -3.70. The van der Waals surface area contributed by atoms with Crippen LogP contribution in [0.4, 0.5) is 0 Å². The summed E-state index contributed by atoms with van der Waals surface area (Å²) in [4.78, 5) is 19.9. The number of fused-ring (bicyclic) bond motifs is 1. The number of hydrogen-bond acceptors (Lipinski definition) is 5. The Balaban J connectivity index is 1.30. The summed E-state index contributed by atoms with van der Waals surface area (Å²) in [6.45, 7) is 0.265. The third-order valence-electron chi connectivity index (χ3n) is 5.25. The molecule has 5 aromatic rings. The molecular weight excluding hydrogens is 438 g/mol. The summed E-state index contributed by atoms with van der Waals surface area (Å²) in [6, 6.07) is 18.4. The number of amides is 1. The van der Waals surface area contributed by atoms with Crippen molar-refractivity contribution in [2.24, 2.45) is 0 Å². The van der Waals surface area contributed by atoms with E-state index in [9.17, 15) is 13.2 Å². The van der Waals surface area contributed by atoms with Crippen LogP contribution < -0.4 is 5.32 Å². The van der Waals surface area contributed by atoms with Gasteiger partial charge < -0.3 is 10.3 Å². The van der Waals surface area contributed by atoms with Crippen LogP contribution in [0, 0.1) is 0 Å². The Hall–Kier alpha value is -4.24. The van der Waals surface area contributed by atoms with Crippen LogP contribution in [0.5, 0.6) is 0 Å². The number of nitrogens with zero attached hydrogens (tertiary/aromatic N) is 3. The number of H-pyrrole nitrogens is 1. The van der Waals surface area contributed by atoms with Crippen molar-refractivity contribution in [3.63, 3.8) is 0 Å². The number of aromatic amines is 1. The second-order valence-electron chi connectivity index (χ2n) is 7.42. The SMILES string of the molecule is O=C(NCc1ccc(S(=O)(=O)c2cccc(-n3cccn3)c2)cc1)c1cc2cnccc2[nH]1. The van der Waals surface area contributed by atoms with Gasteiger partial charge in [0, 0.05) is 42.2 Å². The van der Waals surface area contributed by atoms with Gasteiger partial charge in [-0.05, 0) is 54.1 Å². The quantitative estimate of drug-likeness (QED) is 0.406. The standard InChI is InChI=1S/C24H19N5O3S/c30-24(23-13-18-16-25-11-9-22(18)28-23)26-15-17-5-7-20(8-6-17)33(31,32)21-4-1-3-19(14-21)29-12-2-10-27-29/h1-14,16,28H,15H2,(H,26,30). The molecule has 0 radical (unpaired) electrons. The zero-order chi connectivity index (χ0) is 22.8. The molecule has 0 bridgehead atoms. The molecule has 0 aliphatic carbocycles. The predicted octanol–water partition coefficient (Wildman–Crippen LogP) is 3.51. The molecule has 0 saturated carbocycles. The van der Waals surface area contributed by atoms with Gasteiger partial charge in [0.2, 0.25) is 9.84 Å². The molecule has 0 spiro atoms. The van der Waals surface area contributed by atoms with E-state index >= 15 is 0 Å². The van der Waals surface area contributed by atoms with E-state index in [1.54, 1.807) is 96.2 Å². The third kappa shape index (κ3) is 4.13. The first kappa shape index (κ1) is 20.7. The van der Waals surface area contributed by atoms with Crippen LogP contribution in [0.3, 0.4) is 0 Å². The second-order valence-corrected chi connectivity index (χ2v) is 9.37.